The number of carbonyl (C=O) groups excluding carboxylic acids is 2. The molecule has 0 aliphatic carbocycles. The van der Waals surface area contributed by atoms with Gasteiger partial charge >= 0.3 is 24.4 Å². The highest BCUT2D eigenvalue weighted by Crippen LogP contribution is 2.50. The lowest BCUT2D eigenvalue weighted by molar-refractivity contribution is -0.376. The molecule has 3 rings (SSSR count). The maximum Gasteiger partial charge on any atom is 0.430 e. The van der Waals surface area contributed by atoms with Crippen molar-refractivity contribution in [3.63, 3.8) is 0 Å². The van der Waals surface area contributed by atoms with Crippen LogP contribution in [0.2, 0.25) is 0 Å². The molecule has 0 aliphatic heterocycles. The number of ether oxygens (including phenoxy) is 1. The van der Waals surface area contributed by atoms with E-state index >= 15 is 0 Å². The molecular weight excluding hydrogens is 572 g/mol. The monoisotopic (exact) mass is 601 g/mol. The number of aliphatic hydroxyl groups is 1. The van der Waals surface area contributed by atoms with E-state index in [9.17, 15) is 41.0 Å². The fourth-order valence-corrected chi connectivity index (χ4v) is 4.34. The van der Waals surface area contributed by atoms with Crippen molar-refractivity contribution in [3.05, 3.63) is 65.9 Å². The van der Waals surface area contributed by atoms with E-state index < -0.39 is 41.6 Å². The largest absolute Gasteiger partial charge is 0.464 e. The van der Waals surface area contributed by atoms with Gasteiger partial charge in [-0.25, -0.2) is 9.59 Å². The number of alkyl halides is 6. The molecule has 8 nitrogen and oxygen atoms in total. The quantitative estimate of drug-likeness (QED) is 0.203. The van der Waals surface area contributed by atoms with Crippen LogP contribution in [0.4, 0.5) is 42.6 Å². The van der Waals surface area contributed by atoms with Crippen molar-refractivity contribution in [1.82, 2.24) is 5.16 Å². The molecule has 0 saturated heterocycles. The van der Waals surface area contributed by atoms with Crippen molar-refractivity contribution < 1.29 is 50.3 Å². The fourth-order valence-electron chi connectivity index (χ4n) is 4.34. The summed E-state index contributed by atoms with van der Waals surface area (Å²) in [5.41, 5.74) is -6.11. The number of para-hydroxylation sites is 1. The van der Waals surface area contributed by atoms with Crippen LogP contribution in [-0.2, 0) is 15.1 Å². The number of halogens is 6. The summed E-state index contributed by atoms with van der Waals surface area (Å²) in [4.78, 5) is 27.8. The Kier molecular flexibility index (Phi) is 9.60. The molecule has 1 heterocycles. The van der Waals surface area contributed by atoms with E-state index in [4.69, 9.17) is 9.26 Å². The fraction of sp³-hybridized carbons (Fsp3) is 0.393. The zero-order chi connectivity index (χ0) is 31.5. The van der Waals surface area contributed by atoms with Gasteiger partial charge in [0.15, 0.2) is 5.82 Å². The minimum Gasteiger partial charge on any atom is -0.464 e. The smallest absolute Gasteiger partial charge is 0.430 e. The molecule has 42 heavy (non-hydrogen) atoms. The van der Waals surface area contributed by atoms with E-state index in [0.717, 1.165) is 12.1 Å². The third-order valence-corrected chi connectivity index (χ3v) is 6.32. The Balaban J connectivity index is 2.03. The summed E-state index contributed by atoms with van der Waals surface area (Å²) in [7, 11) is 0. The molecule has 2 amide bonds. The Morgan fingerprint density at radius 3 is 2.07 bits per heavy atom. The minimum absolute atomic E-state index is 0.0335. The van der Waals surface area contributed by atoms with Gasteiger partial charge in [-0.05, 0) is 43.9 Å². The van der Waals surface area contributed by atoms with Gasteiger partial charge in [0.05, 0.1) is 12.2 Å². The van der Waals surface area contributed by atoms with E-state index in [0.29, 0.717) is 17.8 Å². The third-order valence-electron chi connectivity index (χ3n) is 6.32. The van der Waals surface area contributed by atoms with Gasteiger partial charge in [-0.2, -0.15) is 26.3 Å². The lowest BCUT2D eigenvalue weighted by Crippen LogP contribution is -2.53. The molecule has 3 aromatic rings. The van der Waals surface area contributed by atoms with E-state index in [1.165, 1.54) is 11.8 Å². The lowest BCUT2D eigenvalue weighted by atomic mass is 9.90. The number of hydrogen-bond donors (Lipinski definition) is 2. The van der Waals surface area contributed by atoms with Gasteiger partial charge in [0, 0.05) is 11.3 Å². The molecule has 0 saturated carbocycles. The number of benzene rings is 2. The second kappa shape index (κ2) is 12.4. The summed E-state index contributed by atoms with van der Waals surface area (Å²) < 4.78 is 90.3. The Morgan fingerprint density at radius 2 is 1.57 bits per heavy atom. The SMILES string of the molecule is CCOC(=O)C(CC(C)C)N(C(=O)Nc1noc(C)c1-c1ccc(C(O)(C(F)(F)F)C(F)(F)F)cc1)c1ccccc1. The van der Waals surface area contributed by atoms with E-state index in [2.05, 4.69) is 10.5 Å². The first-order valence-electron chi connectivity index (χ1n) is 12.8. The predicted octanol–water partition coefficient (Wildman–Crippen LogP) is 6.98. The van der Waals surface area contributed by atoms with Crippen LogP contribution in [0.25, 0.3) is 11.1 Å². The minimum atomic E-state index is -6.05. The van der Waals surface area contributed by atoms with Crippen molar-refractivity contribution in [1.29, 1.82) is 0 Å². The lowest BCUT2D eigenvalue weighted by Gasteiger charge is -2.32. The number of aromatic nitrogens is 1. The number of urea groups is 1. The van der Waals surface area contributed by atoms with Crippen LogP contribution < -0.4 is 10.2 Å². The molecule has 0 fully saturated rings. The van der Waals surface area contributed by atoms with Crippen LogP contribution >= 0.6 is 0 Å². The third kappa shape index (κ3) is 6.53. The number of aryl methyl sites for hydroxylation is 1. The van der Waals surface area contributed by atoms with E-state index in [1.807, 2.05) is 13.8 Å². The first-order valence-corrected chi connectivity index (χ1v) is 12.8. The van der Waals surface area contributed by atoms with Crippen molar-refractivity contribution in [3.8, 4) is 11.1 Å². The number of carbonyl (C=O) groups is 2. The average molecular weight is 602 g/mol. The molecule has 2 N–H and O–H groups in total. The Morgan fingerprint density at radius 1 is 1.00 bits per heavy atom. The zero-order valence-electron chi connectivity index (χ0n) is 23.0. The molecule has 0 aliphatic rings. The Hall–Kier alpha value is -4.07. The molecule has 228 valence electrons. The number of rotatable bonds is 9. The summed E-state index contributed by atoms with van der Waals surface area (Å²) in [5.74, 6) is -0.816. The highest BCUT2D eigenvalue weighted by molar-refractivity contribution is 6.06. The van der Waals surface area contributed by atoms with Crippen LogP contribution in [0.15, 0.2) is 59.1 Å². The summed E-state index contributed by atoms with van der Waals surface area (Å²) in [6, 6.07) is 9.11. The second-order valence-corrected chi connectivity index (χ2v) is 9.78. The highest BCUT2D eigenvalue weighted by Gasteiger charge is 2.71. The number of nitrogens with one attached hydrogen (secondary N) is 1. The summed E-state index contributed by atoms with van der Waals surface area (Å²) in [5, 5.41) is 16.0. The molecule has 0 bridgehead atoms. The number of hydrogen-bond acceptors (Lipinski definition) is 6. The molecule has 0 spiro atoms. The van der Waals surface area contributed by atoms with Crippen LogP contribution in [0.1, 0.15) is 38.5 Å². The second-order valence-electron chi connectivity index (χ2n) is 9.78. The van der Waals surface area contributed by atoms with Crippen molar-refractivity contribution >= 4 is 23.5 Å². The van der Waals surface area contributed by atoms with Gasteiger partial charge in [0.2, 0.25) is 0 Å². The van der Waals surface area contributed by atoms with Gasteiger partial charge in [-0.15, -0.1) is 0 Å². The van der Waals surface area contributed by atoms with E-state index in [-0.39, 0.29) is 41.7 Å². The maximum atomic E-state index is 13.7. The van der Waals surface area contributed by atoms with Crippen LogP contribution in [0.5, 0.6) is 0 Å². The predicted molar refractivity (Wildman–Crippen MR) is 140 cm³/mol. The summed E-state index contributed by atoms with van der Waals surface area (Å²) >= 11 is 0. The number of amides is 2. The Bertz CT molecular complexity index is 1360. The zero-order valence-corrected chi connectivity index (χ0v) is 23.0. The molecule has 2 aromatic carbocycles. The van der Waals surface area contributed by atoms with Crippen LogP contribution in [0.3, 0.4) is 0 Å². The first kappa shape index (κ1) is 32.4. The standard InChI is InChI=1S/C28H29F6N3O5/c1-5-41-24(38)21(15-16(2)3)37(20-9-7-6-8-10-20)25(39)35-23-22(17(4)42-36-23)18-11-13-19(14-12-18)26(40,27(29,30)31)28(32,33)34/h6-14,16,21,40H,5,15H2,1-4H3,(H,35,36,39). The van der Waals surface area contributed by atoms with Crippen LogP contribution in [0, 0.1) is 12.8 Å². The Labute approximate surface area is 237 Å². The molecule has 1 atom stereocenters. The van der Waals surface area contributed by atoms with Gasteiger partial charge in [-0.1, -0.05) is 61.5 Å². The van der Waals surface area contributed by atoms with Gasteiger partial charge in [-0.3, -0.25) is 10.2 Å². The maximum absolute atomic E-state index is 13.7. The summed E-state index contributed by atoms with van der Waals surface area (Å²) in [6.07, 6.45) is -11.9. The number of anilines is 2. The average Bonchev–Trinajstić information content (AvgIpc) is 3.26. The van der Waals surface area contributed by atoms with Crippen molar-refractivity contribution in [2.24, 2.45) is 5.92 Å². The first-order chi connectivity index (χ1) is 19.5. The molecule has 0 radical (unpaired) electrons. The summed E-state index contributed by atoms with van der Waals surface area (Å²) in [6.45, 7) is 6.82. The highest BCUT2D eigenvalue weighted by atomic mass is 19.4. The molecular formula is C28H29F6N3O5. The molecule has 1 unspecified atom stereocenters. The van der Waals surface area contributed by atoms with E-state index in [1.54, 1.807) is 37.3 Å². The molecule has 14 heteroatoms. The van der Waals surface area contributed by atoms with Crippen molar-refractivity contribution in [2.75, 3.05) is 16.8 Å². The van der Waals surface area contributed by atoms with Crippen molar-refractivity contribution in [2.45, 2.75) is 58.1 Å². The molecule has 1 aromatic heterocycles. The van der Waals surface area contributed by atoms with Gasteiger partial charge in [0.25, 0.3) is 5.60 Å². The van der Waals surface area contributed by atoms with Gasteiger partial charge < -0.3 is 14.4 Å². The van der Waals surface area contributed by atoms with Gasteiger partial charge in [0.1, 0.15) is 11.8 Å². The normalized spacial score (nSPS) is 13.1. The van der Waals surface area contributed by atoms with Crippen LogP contribution in [-0.4, -0.2) is 47.3 Å². The number of esters is 1. The topological polar surface area (TPSA) is 105 Å². The number of nitrogens with zero attached hydrogens (tertiary/aromatic N) is 2.